The van der Waals surface area contributed by atoms with Crippen molar-refractivity contribution in [3.8, 4) is 0 Å². The summed E-state index contributed by atoms with van der Waals surface area (Å²) in [5, 5.41) is 12.2. The number of amides is 1. The van der Waals surface area contributed by atoms with Crippen LogP contribution in [0.2, 0.25) is 0 Å². The van der Waals surface area contributed by atoms with E-state index in [4.69, 9.17) is 4.74 Å². The molecule has 4 bridgehead atoms. The van der Waals surface area contributed by atoms with Crippen LogP contribution in [-0.4, -0.2) is 23.2 Å². The van der Waals surface area contributed by atoms with Crippen LogP contribution in [0.25, 0.3) is 0 Å². The largest absolute Gasteiger partial charge is 0.480 e. The van der Waals surface area contributed by atoms with Crippen molar-refractivity contribution in [2.45, 2.75) is 57.6 Å². The van der Waals surface area contributed by atoms with E-state index >= 15 is 0 Å². The van der Waals surface area contributed by atoms with Gasteiger partial charge in [-0.2, -0.15) is 0 Å². The molecule has 5 heteroatoms. The fourth-order valence-corrected chi connectivity index (χ4v) is 6.08. The quantitative estimate of drug-likeness (QED) is 0.808. The van der Waals surface area contributed by atoms with Gasteiger partial charge < -0.3 is 15.2 Å². The first-order chi connectivity index (χ1) is 12.5. The van der Waals surface area contributed by atoms with Crippen molar-refractivity contribution < 1.29 is 19.4 Å². The van der Waals surface area contributed by atoms with Gasteiger partial charge in [0.05, 0.1) is 0 Å². The number of carboxylic acids is 1. The molecule has 0 saturated heterocycles. The number of hydrogen-bond donors (Lipinski definition) is 2. The predicted octanol–water partition coefficient (Wildman–Crippen LogP) is 3.97. The fourth-order valence-electron chi connectivity index (χ4n) is 6.08. The van der Waals surface area contributed by atoms with Crippen LogP contribution in [0, 0.1) is 23.2 Å². The maximum atomic E-state index is 12.1. The molecule has 4 fully saturated rings. The lowest BCUT2D eigenvalue weighted by atomic mass is 9.48. The Morgan fingerprint density at radius 2 is 1.65 bits per heavy atom. The van der Waals surface area contributed by atoms with Gasteiger partial charge in [0, 0.05) is 0 Å². The number of carboxylic acid groups (broad SMARTS) is 1. The first-order valence-electron chi connectivity index (χ1n) is 9.71. The molecule has 0 spiro atoms. The van der Waals surface area contributed by atoms with Gasteiger partial charge in [-0.15, -0.1) is 0 Å². The smallest absolute Gasteiger partial charge is 0.408 e. The molecule has 4 saturated carbocycles. The van der Waals surface area contributed by atoms with Crippen LogP contribution in [0.4, 0.5) is 4.79 Å². The molecule has 0 aliphatic heterocycles. The average Bonchev–Trinajstić information content (AvgIpc) is 2.59. The van der Waals surface area contributed by atoms with Crippen molar-refractivity contribution in [3.63, 3.8) is 0 Å². The van der Waals surface area contributed by atoms with Crippen LogP contribution in [0.5, 0.6) is 0 Å². The molecule has 1 aromatic carbocycles. The van der Waals surface area contributed by atoms with Gasteiger partial charge in [0.25, 0.3) is 0 Å². The number of benzene rings is 1. The van der Waals surface area contributed by atoms with E-state index in [2.05, 4.69) is 5.32 Å². The van der Waals surface area contributed by atoms with E-state index in [-0.39, 0.29) is 12.0 Å². The molecule has 26 heavy (non-hydrogen) atoms. The summed E-state index contributed by atoms with van der Waals surface area (Å²) in [4.78, 5) is 23.9. The van der Waals surface area contributed by atoms with E-state index in [1.807, 2.05) is 30.3 Å². The Hall–Kier alpha value is -2.04. The molecule has 0 heterocycles. The zero-order valence-electron chi connectivity index (χ0n) is 15.0. The van der Waals surface area contributed by atoms with Crippen molar-refractivity contribution in [2.75, 3.05) is 0 Å². The molecule has 0 aromatic heterocycles. The SMILES string of the molecule is O=C(N[C@@H](CC12CC3CC(CC(C3)C1)C2)C(=O)O)OCc1ccccc1. The first-order valence-corrected chi connectivity index (χ1v) is 9.71. The Morgan fingerprint density at radius 3 is 2.19 bits per heavy atom. The summed E-state index contributed by atoms with van der Waals surface area (Å²) in [6, 6.07) is 8.53. The van der Waals surface area contributed by atoms with Gasteiger partial charge in [-0.25, -0.2) is 9.59 Å². The molecular formula is C21H27NO4. The van der Waals surface area contributed by atoms with Crippen molar-refractivity contribution in [3.05, 3.63) is 35.9 Å². The molecule has 4 aliphatic carbocycles. The predicted molar refractivity (Wildman–Crippen MR) is 96.4 cm³/mol. The summed E-state index contributed by atoms with van der Waals surface area (Å²) in [6.07, 6.45) is 7.24. The van der Waals surface area contributed by atoms with Crippen LogP contribution >= 0.6 is 0 Å². The zero-order chi connectivity index (χ0) is 18.1. The summed E-state index contributed by atoms with van der Waals surface area (Å²) in [7, 11) is 0. The van der Waals surface area contributed by atoms with Gasteiger partial charge >= 0.3 is 12.1 Å². The summed E-state index contributed by atoms with van der Waals surface area (Å²) < 4.78 is 5.22. The molecule has 0 radical (unpaired) electrons. The Bertz CT molecular complexity index is 637. The van der Waals surface area contributed by atoms with Crippen LogP contribution in [-0.2, 0) is 16.1 Å². The highest BCUT2D eigenvalue weighted by Gasteiger charge is 2.52. The number of hydrogen-bond acceptors (Lipinski definition) is 3. The summed E-state index contributed by atoms with van der Waals surface area (Å²) in [6.45, 7) is 0.149. The fraction of sp³-hybridized carbons (Fsp3) is 0.619. The van der Waals surface area contributed by atoms with Crippen LogP contribution in [0.1, 0.15) is 50.5 Å². The van der Waals surface area contributed by atoms with Crippen molar-refractivity contribution in [1.82, 2.24) is 5.32 Å². The Labute approximate surface area is 154 Å². The second kappa shape index (κ2) is 6.93. The van der Waals surface area contributed by atoms with E-state index < -0.39 is 18.1 Å². The minimum Gasteiger partial charge on any atom is -0.480 e. The minimum absolute atomic E-state index is 0.102. The van der Waals surface area contributed by atoms with Crippen molar-refractivity contribution in [2.24, 2.45) is 23.2 Å². The molecular weight excluding hydrogens is 330 g/mol. The molecule has 2 N–H and O–H groups in total. The van der Waals surface area contributed by atoms with Crippen LogP contribution in [0.3, 0.4) is 0 Å². The average molecular weight is 357 g/mol. The Balaban J connectivity index is 1.36. The van der Waals surface area contributed by atoms with Crippen LogP contribution < -0.4 is 5.32 Å². The van der Waals surface area contributed by atoms with Gasteiger partial charge in [0.2, 0.25) is 0 Å². The molecule has 5 nitrogen and oxygen atoms in total. The Kier molecular flexibility index (Phi) is 4.63. The van der Waals surface area contributed by atoms with E-state index in [1.54, 1.807) is 0 Å². The number of alkyl carbamates (subject to hydrolysis) is 1. The molecule has 4 aliphatic rings. The number of carbonyl (C=O) groups excluding carboxylic acids is 1. The van der Waals surface area contributed by atoms with E-state index in [9.17, 15) is 14.7 Å². The van der Waals surface area contributed by atoms with E-state index in [0.29, 0.717) is 6.42 Å². The Morgan fingerprint density at radius 1 is 1.08 bits per heavy atom. The topological polar surface area (TPSA) is 75.6 Å². The third-order valence-corrected chi connectivity index (χ3v) is 6.61. The lowest BCUT2D eigenvalue weighted by Gasteiger charge is -2.57. The number of nitrogens with one attached hydrogen (secondary N) is 1. The number of ether oxygens (including phenoxy) is 1. The molecule has 5 rings (SSSR count). The molecule has 0 unspecified atom stereocenters. The highest BCUT2D eigenvalue weighted by atomic mass is 16.5. The van der Waals surface area contributed by atoms with Gasteiger partial charge in [-0.1, -0.05) is 30.3 Å². The van der Waals surface area contributed by atoms with Gasteiger partial charge in [0.15, 0.2) is 0 Å². The molecule has 140 valence electrons. The zero-order valence-corrected chi connectivity index (χ0v) is 15.0. The maximum Gasteiger partial charge on any atom is 0.408 e. The van der Waals surface area contributed by atoms with Gasteiger partial charge in [0.1, 0.15) is 12.6 Å². The van der Waals surface area contributed by atoms with Gasteiger partial charge in [-0.05, 0) is 73.7 Å². The van der Waals surface area contributed by atoms with E-state index in [0.717, 1.165) is 42.6 Å². The second-order valence-electron chi connectivity index (χ2n) is 8.72. The monoisotopic (exact) mass is 357 g/mol. The lowest BCUT2D eigenvalue weighted by molar-refractivity contribution is -0.142. The van der Waals surface area contributed by atoms with Crippen LogP contribution in [0.15, 0.2) is 30.3 Å². The van der Waals surface area contributed by atoms with Crippen molar-refractivity contribution >= 4 is 12.1 Å². The lowest BCUT2D eigenvalue weighted by Crippen LogP contribution is -2.51. The minimum atomic E-state index is -0.961. The second-order valence-corrected chi connectivity index (χ2v) is 8.72. The molecule has 1 amide bonds. The molecule has 1 aromatic rings. The summed E-state index contributed by atoms with van der Waals surface area (Å²) in [5.41, 5.74) is 0.987. The number of carbonyl (C=O) groups is 2. The maximum absolute atomic E-state index is 12.1. The van der Waals surface area contributed by atoms with E-state index in [1.165, 1.54) is 19.3 Å². The normalized spacial score (nSPS) is 32.8. The summed E-state index contributed by atoms with van der Waals surface area (Å²) >= 11 is 0. The highest BCUT2D eigenvalue weighted by molar-refractivity contribution is 5.79. The standard InChI is InChI=1S/C21H27NO4/c23-19(24)18(22-20(25)26-13-14-4-2-1-3-5-14)12-21-9-15-6-16(10-21)8-17(7-15)11-21/h1-5,15-18H,6-13H2,(H,22,25)(H,23,24)/t15?,16?,17?,18-,21?/m0/s1. The number of aliphatic carboxylic acids is 1. The highest BCUT2D eigenvalue weighted by Crippen LogP contribution is 2.61. The molecule has 1 atom stereocenters. The third kappa shape index (κ3) is 3.71. The number of rotatable bonds is 6. The third-order valence-electron chi connectivity index (χ3n) is 6.61. The first kappa shape index (κ1) is 17.4. The van der Waals surface area contributed by atoms with Gasteiger partial charge in [-0.3, -0.25) is 0 Å². The summed E-state index contributed by atoms with van der Waals surface area (Å²) in [5.74, 6) is 1.33. The van der Waals surface area contributed by atoms with Crippen molar-refractivity contribution in [1.29, 1.82) is 0 Å².